The Bertz CT molecular complexity index is 1030. The minimum atomic E-state index is -3.71. The third-order valence-corrected chi connectivity index (χ3v) is 6.06. The van der Waals surface area contributed by atoms with E-state index in [1.54, 1.807) is 0 Å². The van der Waals surface area contributed by atoms with Gasteiger partial charge in [0.15, 0.2) is 0 Å². The Balaban J connectivity index is 1.96. The van der Waals surface area contributed by atoms with Gasteiger partial charge in [0.25, 0.3) is 0 Å². The van der Waals surface area contributed by atoms with E-state index in [2.05, 4.69) is 5.32 Å². The summed E-state index contributed by atoms with van der Waals surface area (Å²) in [6, 6.07) is 14.5. The number of sulfonamides is 1. The first-order valence-corrected chi connectivity index (χ1v) is 10.8. The van der Waals surface area contributed by atoms with Crippen LogP contribution in [0.15, 0.2) is 54.6 Å². The lowest BCUT2D eigenvalue weighted by Gasteiger charge is -2.46. The van der Waals surface area contributed by atoms with Crippen molar-refractivity contribution in [2.24, 2.45) is 0 Å². The fraction of sp³-hybridized carbons (Fsp3) is 0.300. The number of nitrogens with zero attached hydrogens (tertiary/aromatic N) is 2. The maximum Gasteiger partial charge on any atom is 0.247 e. The van der Waals surface area contributed by atoms with Gasteiger partial charge in [-0.25, -0.2) is 12.8 Å². The highest BCUT2D eigenvalue weighted by molar-refractivity contribution is 7.88. The molecule has 0 aliphatic carbocycles. The molecule has 9 heteroatoms. The van der Waals surface area contributed by atoms with Gasteiger partial charge in [-0.1, -0.05) is 36.4 Å². The van der Waals surface area contributed by atoms with Crippen molar-refractivity contribution in [2.45, 2.75) is 19.0 Å². The average Bonchev–Trinajstić information content (AvgIpc) is 2.65. The van der Waals surface area contributed by atoms with Gasteiger partial charge in [0.05, 0.1) is 12.8 Å². The molecule has 1 aliphatic rings. The summed E-state index contributed by atoms with van der Waals surface area (Å²) in [4.78, 5) is 27.2. The van der Waals surface area contributed by atoms with Gasteiger partial charge < -0.3 is 5.32 Å². The van der Waals surface area contributed by atoms with Crippen LogP contribution in [-0.4, -0.2) is 49.4 Å². The number of hydrogen-bond donors (Lipinski definition) is 1. The fourth-order valence-corrected chi connectivity index (χ4v) is 4.22. The molecule has 0 aromatic heterocycles. The number of amides is 2. The number of halogens is 1. The standard InChI is InChI=1S/C20H22FN3O4S/c1-20(19(26)22-12-15-7-4-3-5-8-15)14-23(29(2,27)28)13-18(25)24(20)17-10-6-9-16(21)11-17/h3-11H,12-14H2,1-2H3,(H,22,26)/t20-/m0/s1. The number of nitrogens with one attached hydrogen (secondary N) is 1. The van der Waals surface area contributed by atoms with Crippen molar-refractivity contribution in [1.29, 1.82) is 0 Å². The minimum absolute atomic E-state index is 0.195. The van der Waals surface area contributed by atoms with Crippen molar-refractivity contribution in [2.75, 3.05) is 24.2 Å². The van der Waals surface area contributed by atoms with Gasteiger partial charge in [0, 0.05) is 18.8 Å². The molecular formula is C20H22FN3O4S. The summed E-state index contributed by atoms with van der Waals surface area (Å²) in [6.07, 6.45) is 0.987. The maximum absolute atomic E-state index is 13.8. The molecule has 3 rings (SSSR count). The molecule has 29 heavy (non-hydrogen) atoms. The smallest absolute Gasteiger partial charge is 0.247 e. The fourth-order valence-electron chi connectivity index (χ4n) is 3.39. The zero-order valence-electron chi connectivity index (χ0n) is 16.1. The summed E-state index contributed by atoms with van der Waals surface area (Å²) in [5.41, 5.74) is -0.509. The van der Waals surface area contributed by atoms with Crippen molar-refractivity contribution < 1.29 is 22.4 Å². The van der Waals surface area contributed by atoms with E-state index in [4.69, 9.17) is 0 Å². The van der Waals surface area contributed by atoms with E-state index in [0.29, 0.717) is 0 Å². The zero-order chi connectivity index (χ0) is 21.2. The first kappa shape index (κ1) is 20.9. The van der Waals surface area contributed by atoms with Gasteiger partial charge in [-0.3, -0.25) is 14.5 Å². The summed E-state index contributed by atoms with van der Waals surface area (Å²) in [5.74, 6) is -1.70. The molecule has 2 amide bonds. The van der Waals surface area contributed by atoms with Crippen molar-refractivity contribution in [3.63, 3.8) is 0 Å². The monoisotopic (exact) mass is 419 g/mol. The number of hydrogen-bond acceptors (Lipinski definition) is 4. The molecule has 0 saturated carbocycles. The molecule has 154 valence electrons. The number of carbonyl (C=O) groups is 2. The second-order valence-electron chi connectivity index (χ2n) is 7.18. The number of benzene rings is 2. The number of rotatable bonds is 5. The van der Waals surface area contributed by atoms with Crippen LogP contribution < -0.4 is 10.2 Å². The molecular weight excluding hydrogens is 397 g/mol. The van der Waals surface area contributed by atoms with Crippen LogP contribution >= 0.6 is 0 Å². The lowest BCUT2D eigenvalue weighted by molar-refractivity contribution is -0.133. The predicted molar refractivity (Wildman–Crippen MR) is 107 cm³/mol. The molecule has 0 spiro atoms. The highest BCUT2D eigenvalue weighted by atomic mass is 32.2. The Morgan fingerprint density at radius 2 is 1.86 bits per heavy atom. The third-order valence-electron chi connectivity index (χ3n) is 4.86. The quantitative estimate of drug-likeness (QED) is 0.796. The first-order valence-electron chi connectivity index (χ1n) is 8.97. The van der Waals surface area contributed by atoms with E-state index in [1.807, 2.05) is 30.3 Å². The molecule has 0 unspecified atom stereocenters. The van der Waals surface area contributed by atoms with E-state index >= 15 is 0 Å². The van der Waals surface area contributed by atoms with Crippen LogP contribution in [0.4, 0.5) is 10.1 Å². The highest BCUT2D eigenvalue weighted by Crippen LogP contribution is 2.31. The number of carbonyl (C=O) groups excluding carboxylic acids is 2. The lowest BCUT2D eigenvalue weighted by atomic mass is 9.94. The van der Waals surface area contributed by atoms with Gasteiger partial charge in [0.1, 0.15) is 11.4 Å². The van der Waals surface area contributed by atoms with Crippen molar-refractivity contribution in [3.05, 3.63) is 66.0 Å². The Kier molecular flexibility index (Phi) is 5.72. The summed E-state index contributed by atoms with van der Waals surface area (Å²) in [7, 11) is -3.71. The largest absolute Gasteiger partial charge is 0.350 e. The molecule has 7 nitrogen and oxygen atoms in total. The Morgan fingerprint density at radius 3 is 2.48 bits per heavy atom. The zero-order valence-corrected chi connectivity index (χ0v) is 16.9. The molecule has 1 N–H and O–H groups in total. The molecule has 1 aliphatic heterocycles. The number of piperazine rings is 1. The van der Waals surface area contributed by atoms with Gasteiger partial charge in [-0.15, -0.1) is 0 Å². The Labute approximate surface area is 169 Å². The molecule has 0 radical (unpaired) electrons. The van der Waals surface area contributed by atoms with Crippen LogP contribution in [0, 0.1) is 5.82 Å². The summed E-state index contributed by atoms with van der Waals surface area (Å²) in [5, 5.41) is 2.77. The third kappa shape index (κ3) is 4.46. The maximum atomic E-state index is 13.8. The minimum Gasteiger partial charge on any atom is -0.350 e. The predicted octanol–water partition coefficient (Wildman–Crippen LogP) is 1.51. The van der Waals surface area contributed by atoms with E-state index < -0.39 is 39.7 Å². The molecule has 1 atom stereocenters. The molecule has 0 bridgehead atoms. The molecule has 1 heterocycles. The topological polar surface area (TPSA) is 86.8 Å². The molecule has 1 fully saturated rings. The van der Waals surface area contributed by atoms with Gasteiger partial charge >= 0.3 is 0 Å². The summed E-state index contributed by atoms with van der Waals surface area (Å²) in [6.45, 7) is 1.03. The Morgan fingerprint density at radius 1 is 1.17 bits per heavy atom. The van der Waals surface area contributed by atoms with Gasteiger partial charge in [-0.05, 0) is 30.7 Å². The molecule has 2 aromatic carbocycles. The lowest BCUT2D eigenvalue weighted by Crippen LogP contribution is -2.70. The van der Waals surface area contributed by atoms with Crippen LogP contribution in [-0.2, 0) is 26.2 Å². The van der Waals surface area contributed by atoms with Gasteiger partial charge in [-0.2, -0.15) is 4.31 Å². The normalized spacial score (nSPS) is 20.5. The molecule has 2 aromatic rings. The second-order valence-corrected chi connectivity index (χ2v) is 9.16. The SMILES string of the molecule is C[C@@]1(C(=O)NCc2ccccc2)CN(S(C)(=O)=O)CC(=O)N1c1cccc(F)c1. The van der Waals surface area contributed by atoms with Gasteiger partial charge in [0.2, 0.25) is 21.8 Å². The van der Waals surface area contributed by atoms with E-state index in [1.165, 1.54) is 30.0 Å². The first-order chi connectivity index (χ1) is 13.6. The highest BCUT2D eigenvalue weighted by Gasteiger charge is 2.50. The van der Waals surface area contributed by atoms with Crippen molar-refractivity contribution in [3.8, 4) is 0 Å². The van der Waals surface area contributed by atoms with Crippen LogP contribution in [0.3, 0.4) is 0 Å². The van der Waals surface area contributed by atoms with Crippen molar-refractivity contribution >= 4 is 27.5 Å². The van der Waals surface area contributed by atoms with Crippen LogP contribution in [0.1, 0.15) is 12.5 Å². The van der Waals surface area contributed by atoms with Crippen LogP contribution in [0.25, 0.3) is 0 Å². The van der Waals surface area contributed by atoms with Crippen molar-refractivity contribution in [1.82, 2.24) is 9.62 Å². The summed E-state index contributed by atoms with van der Waals surface area (Å²) >= 11 is 0. The van der Waals surface area contributed by atoms with E-state index in [0.717, 1.165) is 22.2 Å². The van der Waals surface area contributed by atoms with E-state index in [-0.39, 0.29) is 18.8 Å². The number of anilines is 1. The molecule has 1 saturated heterocycles. The average molecular weight is 419 g/mol. The Hall–Kier alpha value is -2.78. The van der Waals surface area contributed by atoms with Crippen LogP contribution in [0.5, 0.6) is 0 Å². The second kappa shape index (κ2) is 7.92. The van der Waals surface area contributed by atoms with E-state index in [9.17, 15) is 22.4 Å². The summed E-state index contributed by atoms with van der Waals surface area (Å²) < 4.78 is 38.9. The van der Waals surface area contributed by atoms with Crippen LogP contribution in [0.2, 0.25) is 0 Å².